The van der Waals surface area contributed by atoms with Crippen LogP contribution in [0.5, 0.6) is 5.75 Å². The molecule has 1 aliphatic rings. The lowest BCUT2D eigenvalue weighted by atomic mass is 10.1. The van der Waals surface area contributed by atoms with Crippen molar-refractivity contribution in [1.29, 1.82) is 0 Å². The van der Waals surface area contributed by atoms with Crippen molar-refractivity contribution in [2.75, 3.05) is 19.4 Å². The maximum Gasteiger partial charge on any atom is 0.223 e. The third-order valence-electron chi connectivity index (χ3n) is 5.00. The molecule has 5 nitrogen and oxygen atoms in total. The van der Waals surface area contributed by atoms with Crippen molar-refractivity contribution in [3.8, 4) is 5.75 Å². The maximum atomic E-state index is 12.7. The molecule has 0 aliphatic carbocycles. The highest BCUT2D eigenvalue weighted by Gasteiger charge is 2.32. The number of ether oxygens (including phenoxy) is 1. The van der Waals surface area contributed by atoms with Gasteiger partial charge in [-0.15, -0.1) is 0 Å². The highest BCUT2D eigenvalue weighted by atomic mass is 32.2. The molecule has 0 radical (unpaired) electrons. The maximum absolute atomic E-state index is 12.7. The smallest absolute Gasteiger partial charge is 0.223 e. The summed E-state index contributed by atoms with van der Waals surface area (Å²) in [6, 6.07) is 15.9. The Hall–Kier alpha value is -2.34. The number of nitrogens with zero attached hydrogens (tertiary/aromatic N) is 1. The fraction of sp³-hybridized carbons (Fsp3) is 0.381. The third-order valence-corrected chi connectivity index (χ3v) is 6.81. The van der Waals surface area contributed by atoms with E-state index in [9.17, 15) is 13.2 Å². The first kappa shape index (κ1) is 19.4. The number of hydrogen-bond donors (Lipinski definition) is 0. The largest absolute Gasteiger partial charge is 0.497 e. The van der Waals surface area contributed by atoms with Crippen molar-refractivity contribution in [2.45, 2.75) is 36.6 Å². The average Bonchev–Trinajstić information content (AvgIpc) is 3.14. The first-order valence-electron chi connectivity index (χ1n) is 9.20. The van der Waals surface area contributed by atoms with Gasteiger partial charge >= 0.3 is 0 Å². The molecule has 0 saturated carbocycles. The van der Waals surface area contributed by atoms with Gasteiger partial charge < -0.3 is 9.64 Å². The topological polar surface area (TPSA) is 63.7 Å². The summed E-state index contributed by atoms with van der Waals surface area (Å²) in [6.45, 7) is 0.635. The fourth-order valence-corrected chi connectivity index (χ4v) is 5.12. The minimum atomic E-state index is -3.39. The van der Waals surface area contributed by atoms with E-state index in [1.807, 2.05) is 24.3 Å². The Kier molecular flexibility index (Phi) is 6.16. The van der Waals surface area contributed by atoms with Gasteiger partial charge in [0, 0.05) is 19.0 Å². The van der Waals surface area contributed by atoms with Crippen LogP contribution in [0.2, 0.25) is 0 Å². The van der Waals surface area contributed by atoms with Crippen molar-refractivity contribution in [2.24, 2.45) is 0 Å². The normalized spacial score (nSPS) is 17.1. The highest BCUT2D eigenvalue weighted by molar-refractivity contribution is 7.91. The molecule has 1 aliphatic heterocycles. The molecule has 0 spiro atoms. The molecule has 2 aromatic carbocycles. The van der Waals surface area contributed by atoms with E-state index in [1.165, 1.54) is 0 Å². The summed E-state index contributed by atoms with van der Waals surface area (Å²) < 4.78 is 30.4. The van der Waals surface area contributed by atoms with Gasteiger partial charge in [0.1, 0.15) is 5.75 Å². The Bertz CT molecular complexity index is 863. The van der Waals surface area contributed by atoms with E-state index in [0.29, 0.717) is 24.3 Å². The van der Waals surface area contributed by atoms with Crippen LogP contribution in [0.25, 0.3) is 0 Å². The summed E-state index contributed by atoms with van der Waals surface area (Å²) in [4.78, 5) is 14.8. The van der Waals surface area contributed by atoms with Crippen molar-refractivity contribution in [1.82, 2.24) is 4.90 Å². The third kappa shape index (κ3) is 4.89. The van der Waals surface area contributed by atoms with Gasteiger partial charge in [-0.25, -0.2) is 8.42 Å². The van der Waals surface area contributed by atoms with Gasteiger partial charge in [0.2, 0.25) is 5.91 Å². The molecule has 3 rings (SSSR count). The lowest BCUT2D eigenvalue weighted by molar-refractivity contribution is -0.131. The van der Waals surface area contributed by atoms with E-state index >= 15 is 0 Å². The molecule has 1 atom stereocenters. The Labute approximate surface area is 160 Å². The number of amides is 1. The van der Waals surface area contributed by atoms with Gasteiger partial charge in [0.25, 0.3) is 0 Å². The average molecular weight is 388 g/mol. The van der Waals surface area contributed by atoms with Crippen LogP contribution in [0.3, 0.4) is 0 Å². The molecule has 0 bridgehead atoms. The molecule has 2 aromatic rings. The van der Waals surface area contributed by atoms with Crippen LogP contribution in [0, 0.1) is 0 Å². The molecule has 144 valence electrons. The van der Waals surface area contributed by atoms with Crippen LogP contribution in [-0.4, -0.2) is 44.7 Å². The second kappa shape index (κ2) is 8.57. The van der Waals surface area contributed by atoms with Crippen LogP contribution in [0.4, 0.5) is 0 Å². The second-order valence-corrected chi connectivity index (χ2v) is 8.86. The SMILES string of the molecule is COc1ccc(CCC(=O)N2CCCC2CS(=O)(=O)c2ccccc2)cc1. The number of aryl methyl sites for hydroxylation is 1. The molecule has 1 unspecified atom stereocenters. The van der Waals surface area contributed by atoms with Crippen LogP contribution in [-0.2, 0) is 21.1 Å². The Morgan fingerprint density at radius 1 is 1.11 bits per heavy atom. The number of hydrogen-bond acceptors (Lipinski definition) is 4. The van der Waals surface area contributed by atoms with Crippen molar-refractivity contribution < 1.29 is 17.9 Å². The molecule has 1 saturated heterocycles. The van der Waals surface area contributed by atoms with E-state index in [1.54, 1.807) is 42.3 Å². The highest BCUT2D eigenvalue weighted by Crippen LogP contribution is 2.23. The summed E-state index contributed by atoms with van der Waals surface area (Å²) in [7, 11) is -1.77. The fourth-order valence-electron chi connectivity index (χ4n) is 3.50. The molecule has 0 aromatic heterocycles. The zero-order chi connectivity index (χ0) is 19.3. The lowest BCUT2D eigenvalue weighted by Crippen LogP contribution is -2.39. The number of methoxy groups -OCH3 is 1. The van der Waals surface area contributed by atoms with E-state index in [0.717, 1.165) is 24.2 Å². The number of sulfone groups is 1. The van der Waals surface area contributed by atoms with E-state index in [2.05, 4.69) is 0 Å². The number of carbonyl (C=O) groups excluding carboxylic acids is 1. The molecular weight excluding hydrogens is 362 g/mol. The summed E-state index contributed by atoms with van der Waals surface area (Å²) in [5, 5.41) is 0. The van der Waals surface area contributed by atoms with Crippen LogP contribution >= 0.6 is 0 Å². The van der Waals surface area contributed by atoms with Gasteiger partial charge in [-0.3, -0.25) is 4.79 Å². The first-order chi connectivity index (χ1) is 13.0. The Morgan fingerprint density at radius 2 is 1.81 bits per heavy atom. The van der Waals surface area contributed by atoms with E-state index in [4.69, 9.17) is 4.74 Å². The Morgan fingerprint density at radius 3 is 2.48 bits per heavy atom. The van der Waals surface area contributed by atoms with Gasteiger partial charge in [0.15, 0.2) is 9.84 Å². The van der Waals surface area contributed by atoms with Crippen LogP contribution < -0.4 is 4.74 Å². The predicted octanol–water partition coefficient (Wildman–Crippen LogP) is 3.09. The van der Waals surface area contributed by atoms with Crippen molar-refractivity contribution in [3.05, 3.63) is 60.2 Å². The number of rotatable bonds is 7. The zero-order valence-electron chi connectivity index (χ0n) is 15.5. The van der Waals surface area contributed by atoms with Crippen LogP contribution in [0.1, 0.15) is 24.8 Å². The molecule has 27 heavy (non-hydrogen) atoms. The molecule has 1 amide bonds. The van der Waals surface area contributed by atoms with E-state index in [-0.39, 0.29) is 17.7 Å². The minimum Gasteiger partial charge on any atom is -0.497 e. The summed E-state index contributed by atoms with van der Waals surface area (Å²) >= 11 is 0. The number of likely N-dealkylation sites (tertiary alicyclic amines) is 1. The second-order valence-electron chi connectivity index (χ2n) is 6.83. The number of benzene rings is 2. The zero-order valence-corrected chi connectivity index (χ0v) is 16.3. The van der Waals surface area contributed by atoms with Crippen molar-refractivity contribution in [3.63, 3.8) is 0 Å². The summed E-state index contributed by atoms with van der Waals surface area (Å²) in [5.41, 5.74) is 1.07. The quantitative estimate of drug-likeness (QED) is 0.732. The lowest BCUT2D eigenvalue weighted by Gasteiger charge is -2.24. The minimum absolute atomic E-state index is 0.00864. The predicted molar refractivity (Wildman–Crippen MR) is 105 cm³/mol. The monoisotopic (exact) mass is 387 g/mol. The van der Waals surface area contributed by atoms with Crippen molar-refractivity contribution >= 4 is 15.7 Å². The molecular formula is C21H25NO4S. The Balaban J connectivity index is 1.60. The summed E-state index contributed by atoms with van der Waals surface area (Å²) in [5.74, 6) is 0.804. The molecule has 6 heteroatoms. The first-order valence-corrected chi connectivity index (χ1v) is 10.8. The standard InChI is InChI=1S/C21H25NO4S/c1-26-19-12-9-17(10-13-19)11-14-21(23)22-15-5-6-18(22)16-27(24,25)20-7-3-2-4-8-20/h2-4,7-10,12-13,18H,5-6,11,14-16H2,1H3. The molecule has 1 heterocycles. The van der Waals surface area contributed by atoms with Crippen LogP contribution in [0.15, 0.2) is 59.5 Å². The molecule has 1 fully saturated rings. The van der Waals surface area contributed by atoms with E-state index < -0.39 is 9.84 Å². The van der Waals surface area contributed by atoms with Gasteiger partial charge in [0.05, 0.1) is 17.8 Å². The van der Waals surface area contributed by atoms with Gasteiger partial charge in [-0.05, 0) is 49.1 Å². The molecule has 0 N–H and O–H groups in total. The van der Waals surface area contributed by atoms with Gasteiger partial charge in [-0.1, -0.05) is 30.3 Å². The van der Waals surface area contributed by atoms with Gasteiger partial charge in [-0.2, -0.15) is 0 Å². The summed E-state index contributed by atoms with van der Waals surface area (Å²) in [6.07, 6.45) is 2.61. The number of carbonyl (C=O) groups is 1.